The second-order valence-corrected chi connectivity index (χ2v) is 5.26. The summed E-state index contributed by atoms with van der Waals surface area (Å²) in [4.78, 5) is 12.4. The van der Waals surface area contributed by atoms with E-state index in [1.54, 1.807) is 6.07 Å². The number of hydrogen-bond acceptors (Lipinski definition) is 2. The van der Waals surface area contributed by atoms with Crippen LogP contribution in [-0.2, 0) is 0 Å². The summed E-state index contributed by atoms with van der Waals surface area (Å²) in [5, 5.41) is 2.84. The van der Waals surface area contributed by atoms with Crippen LogP contribution in [0.2, 0.25) is 0 Å². The molecule has 0 spiro atoms. The summed E-state index contributed by atoms with van der Waals surface area (Å²) in [6.45, 7) is 1.25. The number of ether oxygens (including phenoxy) is 1. The van der Waals surface area contributed by atoms with Gasteiger partial charge in [0.25, 0.3) is 5.91 Å². The lowest BCUT2D eigenvalue weighted by molar-refractivity contribution is -0.0498. The summed E-state index contributed by atoms with van der Waals surface area (Å²) < 4.78 is 28.8. The number of para-hydroxylation sites is 1. The molecule has 1 atom stereocenters. The Bertz CT molecular complexity index is 674. The third-order valence-corrected chi connectivity index (χ3v) is 3.67. The van der Waals surface area contributed by atoms with Crippen LogP contribution < -0.4 is 10.1 Å². The van der Waals surface area contributed by atoms with Gasteiger partial charge in [0.2, 0.25) is 0 Å². The normalized spacial score (nSPS) is 12.0. The number of hydrogen-bond donors (Lipinski definition) is 1. The Hall–Kier alpha value is -2.43. The topological polar surface area (TPSA) is 38.3 Å². The minimum absolute atomic E-state index is 0.0390. The second kappa shape index (κ2) is 7.72. The van der Waals surface area contributed by atoms with Crippen molar-refractivity contribution < 1.29 is 18.3 Å². The lowest BCUT2D eigenvalue weighted by Crippen LogP contribution is -2.14. The number of alkyl halides is 2. The smallest absolute Gasteiger partial charge is 0.387 e. The highest BCUT2D eigenvalue weighted by Crippen LogP contribution is 2.27. The number of benzene rings is 2. The number of amides is 1. The number of nitrogens with one attached hydrogen (secondary N) is 1. The fraction of sp³-hybridized carbons (Fsp3) is 0.278. The first-order valence-electron chi connectivity index (χ1n) is 7.46. The first kappa shape index (κ1) is 16.9. The van der Waals surface area contributed by atoms with Crippen molar-refractivity contribution in [2.45, 2.75) is 32.8 Å². The highest BCUT2D eigenvalue weighted by Gasteiger charge is 2.13. The molecule has 0 aliphatic carbocycles. The van der Waals surface area contributed by atoms with E-state index in [1.807, 2.05) is 24.3 Å². The molecule has 0 aliphatic rings. The molecule has 0 bridgehead atoms. The molecule has 5 heteroatoms. The van der Waals surface area contributed by atoms with Crippen molar-refractivity contribution in [2.75, 3.05) is 5.32 Å². The first-order valence-corrected chi connectivity index (χ1v) is 7.46. The Morgan fingerprint density at radius 1 is 1.17 bits per heavy atom. The van der Waals surface area contributed by atoms with Gasteiger partial charge in [-0.1, -0.05) is 38.1 Å². The molecule has 0 aliphatic heterocycles. The average molecular weight is 319 g/mol. The summed E-state index contributed by atoms with van der Waals surface area (Å²) in [7, 11) is 0. The van der Waals surface area contributed by atoms with E-state index in [9.17, 15) is 13.6 Å². The molecule has 23 heavy (non-hydrogen) atoms. The van der Waals surface area contributed by atoms with Gasteiger partial charge in [-0.25, -0.2) is 0 Å². The fourth-order valence-electron chi connectivity index (χ4n) is 2.27. The highest BCUT2D eigenvalue weighted by atomic mass is 19.3. The Morgan fingerprint density at radius 3 is 2.61 bits per heavy atom. The van der Waals surface area contributed by atoms with Gasteiger partial charge in [0.1, 0.15) is 5.75 Å². The summed E-state index contributed by atoms with van der Waals surface area (Å²) in [6, 6.07) is 13.3. The SMILES string of the molecule is CC[C@@H](C)c1ccccc1NC(=O)c1cccc(OC(F)F)c1. The van der Waals surface area contributed by atoms with Crippen LogP contribution in [0.15, 0.2) is 48.5 Å². The number of anilines is 1. The van der Waals surface area contributed by atoms with Crippen LogP contribution in [0.4, 0.5) is 14.5 Å². The van der Waals surface area contributed by atoms with Gasteiger partial charge in [-0.05, 0) is 42.2 Å². The zero-order valence-corrected chi connectivity index (χ0v) is 13.1. The standard InChI is InChI=1S/C18H19F2NO2/c1-3-12(2)15-9-4-5-10-16(15)21-17(22)13-7-6-8-14(11-13)23-18(19)20/h4-12,18H,3H2,1-2H3,(H,21,22)/t12-/m1/s1. The lowest BCUT2D eigenvalue weighted by atomic mass is 9.97. The van der Waals surface area contributed by atoms with Gasteiger partial charge in [0, 0.05) is 11.3 Å². The van der Waals surface area contributed by atoms with Crippen molar-refractivity contribution in [1.82, 2.24) is 0 Å². The average Bonchev–Trinajstić information content (AvgIpc) is 2.54. The maximum Gasteiger partial charge on any atom is 0.387 e. The largest absolute Gasteiger partial charge is 0.435 e. The van der Waals surface area contributed by atoms with E-state index in [2.05, 4.69) is 23.9 Å². The van der Waals surface area contributed by atoms with Gasteiger partial charge in [-0.3, -0.25) is 4.79 Å². The van der Waals surface area contributed by atoms with Gasteiger partial charge in [0.05, 0.1) is 0 Å². The van der Waals surface area contributed by atoms with Crippen molar-refractivity contribution in [3.05, 3.63) is 59.7 Å². The minimum atomic E-state index is -2.92. The summed E-state index contributed by atoms with van der Waals surface area (Å²) in [5.74, 6) is -0.0941. The zero-order chi connectivity index (χ0) is 16.8. The lowest BCUT2D eigenvalue weighted by Gasteiger charge is -2.15. The number of carbonyl (C=O) groups is 1. The van der Waals surface area contributed by atoms with Crippen molar-refractivity contribution in [2.24, 2.45) is 0 Å². The Kier molecular flexibility index (Phi) is 5.68. The molecule has 0 radical (unpaired) electrons. The van der Waals surface area contributed by atoms with Crippen molar-refractivity contribution in [1.29, 1.82) is 0 Å². The fourth-order valence-corrected chi connectivity index (χ4v) is 2.27. The zero-order valence-electron chi connectivity index (χ0n) is 13.1. The van der Waals surface area contributed by atoms with Crippen LogP contribution in [0, 0.1) is 0 Å². The molecule has 0 aromatic heterocycles. The van der Waals surface area contributed by atoms with E-state index < -0.39 is 6.61 Å². The van der Waals surface area contributed by atoms with Gasteiger partial charge < -0.3 is 10.1 Å². The Labute approximate surface area is 134 Å². The number of halogens is 2. The summed E-state index contributed by atoms with van der Waals surface area (Å²) in [5.41, 5.74) is 2.04. The van der Waals surface area contributed by atoms with Crippen LogP contribution in [0.3, 0.4) is 0 Å². The van der Waals surface area contributed by atoms with E-state index in [-0.39, 0.29) is 17.2 Å². The molecule has 2 aromatic rings. The molecule has 3 nitrogen and oxygen atoms in total. The van der Waals surface area contributed by atoms with Crippen LogP contribution >= 0.6 is 0 Å². The minimum Gasteiger partial charge on any atom is -0.435 e. The molecule has 2 rings (SSSR count). The van der Waals surface area contributed by atoms with E-state index >= 15 is 0 Å². The molecule has 122 valence electrons. The Morgan fingerprint density at radius 2 is 1.91 bits per heavy atom. The van der Waals surface area contributed by atoms with E-state index in [0.717, 1.165) is 17.7 Å². The number of rotatable bonds is 6. The summed E-state index contributed by atoms with van der Waals surface area (Å²) >= 11 is 0. The van der Waals surface area contributed by atoms with Gasteiger partial charge in [-0.2, -0.15) is 8.78 Å². The van der Waals surface area contributed by atoms with Crippen molar-refractivity contribution in [3.8, 4) is 5.75 Å². The second-order valence-electron chi connectivity index (χ2n) is 5.26. The van der Waals surface area contributed by atoms with Crippen LogP contribution in [0.1, 0.15) is 42.1 Å². The molecular weight excluding hydrogens is 300 g/mol. The molecule has 1 amide bonds. The maximum absolute atomic E-state index is 12.4. The van der Waals surface area contributed by atoms with E-state index in [4.69, 9.17) is 0 Å². The molecule has 1 N–H and O–H groups in total. The molecule has 0 heterocycles. The Balaban J connectivity index is 2.20. The molecule has 2 aromatic carbocycles. The molecule has 0 unspecified atom stereocenters. The maximum atomic E-state index is 12.4. The van der Waals surface area contributed by atoms with Crippen LogP contribution in [0.25, 0.3) is 0 Å². The van der Waals surface area contributed by atoms with E-state index in [0.29, 0.717) is 5.92 Å². The molecule has 0 saturated heterocycles. The van der Waals surface area contributed by atoms with Crippen molar-refractivity contribution in [3.63, 3.8) is 0 Å². The van der Waals surface area contributed by atoms with Crippen LogP contribution in [0.5, 0.6) is 5.75 Å². The third-order valence-electron chi connectivity index (χ3n) is 3.67. The predicted molar refractivity (Wildman–Crippen MR) is 86.2 cm³/mol. The van der Waals surface area contributed by atoms with E-state index in [1.165, 1.54) is 18.2 Å². The highest BCUT2D eigenvalue weighted by molar-refractivity contribution is 6.04. The van der Waals surface area contributed by atoms with Crippen LogP contribution in [-0.4, -0.2) is 12.5 Å². The molecule has 0 fully saturated rings. The van der Waals surface area contributed by atoms with Crippen molar-refractivity contribution >= 4 is 11.6 Å². The monoisotopic (exact) mass is 319 g/mol. The summed E-state index contributed by atoms with van der Waals surface area (Å²) in [6.07, 6.45) is 0.949. The quantitative estimate of drug-likeness (QED) is 0.808. The predicted octanol–water partition coefficient (Wildman–Crippen LogP) is 5.05. The third kappa shape index (κ3) is 4.52. The molecule has 0 saturated carbocycles. The van der Waals surface area contributed by atoms with Gasteiger partial charge >= 0.3 is 6.61 Å². The van der Waals surface area contributed by atoms with Gasteiger partial charge in [0.15, 0.2) is 0 Å². The first-order chi connectivity index (χ1) is 11.0. The number of carbonyl (C=O) groups excluding carboxylic acids is 1. The molecular formula is C18H19F2NO2. The van der Waals surface area contributed by atoms with Gasteiger partial charge in [-0.15, -0.1) is 0 Å².